The van der Waals surface area contributed by atoms with Crippen molar-refractivity contribution in [2.24, 2.45) is 0 Å². The summed E-state index contributed by atoms with van der Waals surface area (Å²) in [6.07, 6.45) is 2.60. The van der Waals surface area contributed by atoms with Gasteiger partial charge in [-0.3, -0.25) is 19.7 Å². The van der Waals surface area contributed by atoms with E-state index in [0.29, 0.717) is 28.8 Å². The maximum atomic E-state index is 13.6. The van der Waals surface area contributed by atoms with Crippen molar-refractivity contribution in [2.75, 3.05) is 18.4 Å². The molecule has 0 bridgehead atoms. The lowest BCUT2D eigenvalue weighted by molar-refractivity contribution is -0.137. The van der Waals surface area contributed by atoms with Gasteiger partial charge >= 0.3 is 6.18 Å². The summed E-state index contributed by atoms with van der Waals surface area (Å²) >= 11 is 0. The number of hydrogen-bond donors (Lipinski definition) is 1. The second kappa shape index (κ2) is 10.6. The highest BCUT2D eigenvalue weighted by atomic mass is 19.4. The molecule has 1 saturated heterocycles. The van der Waals surface area contributed by atoms with Gasteiger partial charge in [-0.2, -0.15) is 13.2 Å². The maximum absolute atomic E-state index is 13.6. The van der Waals surface area contributed by atoms with Gasteiger partial charge < -0.3 is 5.32 Å². The van der Waals surface area contributed by atoms with Crippen molar-refractivity contribution in [3.05, 3.63) is 101 Å². The summed E-state index contributed by atoms with van der Waals surface area (Å²) in [4.78, 5) is 23.8. The Kier molecular flexibility index (Phi) is 7.12. The second-order valence-electron chi connectivity index (χ2n) is 9.40. The fourth-order valence-electron chi connectivity index (χ4n) is 4.55. The first kappa shape index (κ1) is 25.4. The molecule has 0 unspecified atom stereocenters. The van der Waals surface area contributed by atoms with Gasteiger partial charge in [0.15, 0.2) is 0 Å². The first-order chi connectivity index (χ1) is 18.3. The first-order valence-corrected chi connectivity index (χ1v) is 12.3. The SMILES string of the molecule is Cc1ccc(C(=O)Nc2cc(CN3CCCC3)cc(C(F)(F)F)c2)cc1C#Cc1cncc2cccnc12. The molecular weight excluding hydrogens is 489 g/mol. The highest BCUT2D eigenvalue weighted by molar-refractivity contribution is 6.04. The molecule has 1 amide bonds. The van der Waals surface area contributed by atoms with Crippen molar-refractivity contribution < 1.29 is 18.0 Å². The normalized spacial score (nSPS) is 13.8. The minimum Gasteiger partial charge on any atom is -0.322 e. The van der Waals surface area contributed by atoms with Gasteiger partial charge in [0.05, 0.1) is 16.6 Å². The number of carbonyl (C=O) groups excluding carboxylic acids is 1. The van der Waals surface area contributed by atoms with Crippen LogP contribution in [0.2, 0.25) is 0 Å². The van der Waals surface area contributed by atoms with E-state index in [2.05, 4.69) is 32.0 Å². The third kappa shape index (κ3) is 5.84. The number of nitrogens with zero attached hydrogens (tertiary/aromatic N) is 3. The molecule has 1 aliphatic heterocycles. The zero-order chi connectivity index (χ0) is 26.7. The average molecular weight is 515 g/mol. The molecule has 5 nitrogen and oxygen atoms in total. The molecule has 0 atom stereocenters. The molecule has 4 aromatic rings. The summed E-state index contributed by atoms with van der Waals surface area (Å²) < 4.78 is 40.8. The van der Waals surface area contributed by atoms with Crippen LogP contribution >= 0.6 is 0 Å². The molecule has 8 heteroatoms. The summed E-state index contributed by atoms with van der Waals surface area (Å²) in [5.74, 6) is 5.68. The minimum atomic E-state index is -4.52. The monoisotopic (exact) mass is 514 g/mol. The zero-order valence-corrected chi connectivity index (χ0v) is 20.8. The Hall–Kier alpha value is -4.22. The van der Waals surface area contributed by atoms with Gasteiger partial charge in [0.1, 0.15) is 0 Å². The van der Waals surface area contributed by atoms with Gasteiger partial charge in [-0.25, -0.2) is 0 Å². The van der Waals surface area contributed by atoms with E-state index >= 15 is 0 Å². The number of anilines is 1. The van der Waals surface area contributed by atoms with Gasteiger partial charge in [-0.1, -0.05) is 17.9 Å². The lowest BCUT2D eigenvalue weighted by atomic mass is 10.0. The van der Waals surface area contributed by atoms with Crippen molar-refractivity contribution in [3.63, 3.8) is 0 Å². The average Bonchev–Trinajstić information content (AvgIpc) is 3.40. The van der Waals surface area contributed by atoms with Gasteiger partial charge in [0.2, 0.25) is 0 Å². The van der Waals surface area contributed by atoms with Crippen LogP contribution < -0.4 is 5.32 Å². The number of alkyl halides is 3. The Morgan fingerprint density at radius 2 is 1.82 bits per heavy atom. The van der Waals surface area contributed by atoms with Crippen LogP contribution in [0.15, 0.2) is 67.1 Å². The van der Waals surface area contributed by atoms with Crippen LogP contribution in [0.3, 0.4) is 0 Å². The summed E-state index contributed by atoms with van der Waals surface area (Å²) in [5.41, 5.74) is 3.03. The topological polar surface area (TPSA) is 58.1 Å². The molecule has 3 heterocycles. The second-order valence-corrected chi connectivity index (χ2v) is 9.40. The Morgan fingerprint density at radius 3 is 2.61 bits per heavy atom. The number of benzene rings is 2. The first-order valence-electron chi connectivity index (χ1n) is 12.3. The van der Waals surface area contributed by atoms with Crippen molar-refractivity contribution in [1.29, 1.82) is 0 Å². The molecule has 1 aliphatic rings. The highest BCUT2D eigenvalue weighted by Crippen LogP contribution is 2.33. The van der Waals surface area contributed by atoms with Gasteiger partial charge in [0.25, 0.3) is 5.91 Å². The number of fused-ring (bicyclic) bond motifs is 1. The van der Waals surface area contributed by atoms with E-state index in [4.69, 9.17) is 0 Å². The van der Waals surface area contributed by atoms with Crippen LogP contribution in [-0.2, 0) is 12.7 Å². The van der Waals surface area contributed by atoms with E-state index in [-0.39, 0.29) is 5.69 Å². The van der Waals surface area contributed by atoms with Crippen molar-refractivity contribution in [3.8, 4) is 11.8 Å². The lowest BCUT2D eigenvalue weighted by Crippen LogP contribution is -2.19. The predicted molar refractivity (Wildman–Crippen MR) is 141 cm³/mol. The standard InChI is InChI=1S/C30H25F3N4O/c1-20-6-7-23(15-22(20)8-9-25-18-34-17-24-5-4-10-35-28(24)25)29(38)36-27-14-21(19-37-11-2-3-12-37)13-26(16-27)30(31,32)33/h4-7,10,13-18H,2-3,11-12,19H2,1H3,(H,36,38). The Morgan fingerprint density at radius 1 is 1.03 bits per heavy atom. The number of nitrogens with one attached hydrogen (secondary N) is 1. The molecule has 0 radical (unpaired) electrons. The number of carbonyl (C=O) groups is 1. The predicted octanol–water partition coefficient (Wildman–Crippen LogP) is 6.20. The number of aryl methyl sites for hydroxylation is 1. The number of hydrogen-bond acceptors (Lipinski definition) is 4. The maximum Gasteiger partial charge on any atom is 0.416 e. The van der Waals surface area contributed by atoms with Crippen LogP contribution in [0.1, 0.15) is 51.0 Å². The Labute approximate surface area is 218 Å². The lowest BCUT2D eigenvalue weighted by Gasteiger charge is -2.18. The van der Waals surface area contributed by atoms with Gasteiger partial charge in [-0.15, -0.1) is 0 Å². The molecule has 192 valence electrons. The van der Waals surface area contributed by atoms with Crippen molar-refractivity contribution in [1.82, 2.24) is 14.9 Å². The minimum absolute atomic E-state index is 0.111. The van der Waals surface area contributed by atoms with Crippen LogP contribution in [-0.4, -0.2) is 33.9 Å². The third-order valence-corrected chi connectivity index (χ3v) is 6.53. The molecule has 1 N–H and O–H groups in total. The van der Waals surface area contributed by atoms with E-state index in [1.165, 1.54) is 0 Å². The summed E-state index contributed by atoms with van der Waals surface area (Å²) in [6.45, 7) is 4.00. The van der Waals surface area contributed by atoms with Crippen LogP contribution in [0.25, 0.3) is 10.9 Å². The number of halogens is 3. The summed E-state index contributed by atoms with van der Waals surface area (Å²) in [7, 11) is 0. The molecule has 2 aromatic heterocycles. The molecule has 2 aromatic carbocycles. The Bertz CT molecular complexity index is 1560. The quantitative estimate of drug-likeness (QED) is 0.329. The zero-order valence-electron chi connectivity index (χ0n) is 20.8. The number of pyridine rings is 2. The van der Waals surface area contributed by atoms with Crippen LogP contribution in [0.4, 0.5) is 18.9 Å². The molecule has 1 fully saturated rings. The number of aromatic nitrogens is 2. The summed E-state index contributed by atoms with van der Waals surface area (Å²) in [5, 5.41) is 3.52. The smallest absolute Gasteiger partial charge is 0.322 e. The number of rotatable bonds is 4. The van der Waals surface area contributed by atoms with Crippen LogP contribution in [0.5, 0.6) is 0 Å². The number of amides is 1. The van der Waals surface area contributed by atoms with Gasteiger partial charge in [0, 0.05) is 47.3 Å². The molecule has 0 spiro atoms. The van der Waals surface area contributed by atoms with Crippen molar-refractivity contribution in [2.45, 2.75) is 32.5 Å². The van der Waals surface area contributed by atoms with E-state index in [0.717, 1.165) is 54.5 Å². The fraction of sp³-hybridized carbons (Fsp3) is 0.233. The summed E-state index contributed by atoms with van der Waals surface area (Å²) in [6, 6.07) is 12.5. The van der Waals surface area contributed by atoms with E-state index < -0.39 is 17.6 Å². The Balaban J connectivity index is 1.41. The molecule has 38 heavy (non-hydrogen) atoms. The number of likely N-dealkylation sites (tertiary alicyclic amines) is 1. The van der Waals surface area contributed by atoms with Crippen LogP contribution in [0, 0.1) is 18.8 Å². The highest BCUT2D eigenvalue weighted by Gasteiger charge is 2.31. The third-order valence-electron chi connectivity index (χ3n) is 6.53. The van der Waals surface area contributed by atoms with Crippen molar-refractivity contribution >= 4 is 22.5 Å². The fourth-order valence-corrected chi connectivity index (χ4v) is 4.55. The van der Waals surface area contributed by atoms with E-state index in [9.17, 15) is 18.0 Å². The molecule has 5 rings (SSSR count). The molecule has 0 aliphatic carbocycles. The van der Waals surface area contributed by atoms with E-state index in [1.807, 2.05) is 19.1 Å². The molecule has 0 saturated carbocycles. The van der Waals surface area contributed by atoms with E-state index in [1.54, 1.807) is 42.9 Å². The van der Waals surface area contributed by atoms with Gasteiger partial charge in [-0.05, 0) is 86.4 Å². The largest absolute Gasteiger partial charge is 0.416 e. The molecular formula is C30H25F3N4O.